The third-order valence-electron chi connectivity index (χ3n) is 3.94. The lowest BCUT2D eigenvalue weighted by atomic mass is 9.95. The van der Waals surface area contributed by atoms with Gasteiger partial charge in [-0.3, -0.25) is 0 Å². The molecule has 1 aliphatic rings. The van der Waals surface area contributed by atoms with E-state index >= 15 is 0 Å². The summed E-state index contributed by atoms with van der Waals surface area (Å²) >= 11 is 0. The number of fused-ring (bicyclic) bond motifs is 1. The molecule has 0 amide bonds. The van der Waals surface area contributed by atoms with E-state index in [1.165, 1.54) is 13.0 Å². The first kappa shape index (κ1) is 17.2. The predicted octanol–water partition coefficient (Wildman–Crippen LogP) is 4.46. The van der Waals surface area contributed by atoms with E-state index in [1.807, 2.05) is 0 Å². The highest BCUT2D eigenvalue weighted by molar-refractivity contribution is 5.78. The third-order valence-corrected chi connectivity index (χ3v) is 3.94. The molecule has 11 heteroatoms. The van der Waals surface area contributed by atoms with Crippen molar-refractivity contribution >= 4 is 11.0 Å². The van der Waals surface area contributed by atoms with E-state index in [2.05, 4.69) is 20.2 Å². The number of aromatic nitrogens is 2. The van der Waals surface area contributed by atoms with Gasteiger partial charge in [0, 0.05) is 6.42 Å². The first-order chi connectivity index (χ1) is 11.4. The third kappa shape index (κ3) is 2.92. The molecular formula is C14H9F6N5. The average Bonchev–Trinajstić information content (AvgIpc) is 3.08. The molecule has 0 saturated carbocycles. The van der Waals surface area contributed by atoms with Crippen molar-refractivity contribution in [2.75, 3.05) is 0 Å². The predicted molar refractivity (Wildman–Crippen MR) is 72.5 cm³/mol. The van der Waals surface area contributed by atoms with E-state index in [1.54, 1.807) is 0 Å². The lowest BCUT2D eigenvalue weighted by Crippen LogP contribution is -2.30. The number of benzene rings is 1. The highest BCUT2D eigenvalue weighted by Crippen LogP contribution is 2.42. The summed E-state index contributed by atoms with van der Waals surface area (Å²) in [6, 6.07) is 1.10. The van der Waals surface area contributed by atoms with Crippen LogP contribution >= 0.6 is 0 Å². The monoisotopic (exact) mass is 361 g/mol. The molecule has 5 nitrogen and oxygen atoms in total. The Morgan fingerprint density at radius 1 is 1.24 bits per heavy atom. The van der Waals surface area contributed by atoms with Crippen LogP contribution in [0.25, 0.3) is 11.0 Å². The van der Waals surface area contributed by atoms with Gasteiger partial charge in [-0.1, -0.05) is 0 Å². The van der Waals surface area contributed by atoms with Gasteiger partial charge in [-0.05, 0) is 19.1 Å². The summed E-state index contributed by atoms with van der Waals surface area (Å²) < 4.78 is 77.2. The molecule has 1 aromatic heterocycles. The van der Waals surface area contributed by atoms with Gasteiger partial charge in [0.2, 0.25) is 0 Å². The van der Waals surface area contributed by atoms with Crippen LogP contribution in [0.5, 0.6) is 0 Å². The van der Waals surface area contributed by atoms with Crippen molar-refractivity contribution < 1.29 is 26.3 Å². The molecule has 0 saturated heterocycles. The number of nitrogens with one attached hydrogen (secondary N) is 1. The molecule has 1 aromatic carbocycles. The Morgan fingerprint density at radius 2 is 1.92 bits per heavy atom. The first-order valence-corrected chi connectivity index (χ1v) is 6.94. The molecule has 1 aliphatic heterocycles. The largest absolute Gasteiger partial charge is 0.417 e. The number of halogens is 6. The molecule has 1 N–H and O–H groups in total. The molecule has 2 atom stereocenters. The van der Waals surface area contributed by atoms with Crippen LogP contribution in [0, 0.1) is 11.3 Å². The van der Waals surface area contributed by atoms with E-state index < -0.39 is 41.5 Å². The Hall–Kier alpha value is -2.64. The number of hydrogen-bond donors (Lipinski definition) is 1. The second kappa shape index (κ2) is 5.18. The standard InChI is InChI=1S/C14H9F6N5/c1-12(4-10(24-25-12)14(18,19)20)11-22-8-2-6(5-21)7(13(15,16)17)3-9(8)23-11/h2-3,10H,4H2,1H3,(H,22,23). The minimum Gasteiger partial charge on any atom is -0.340 e. The second-order valence-corrected chi connectivity index (χ2v) is 5.86. The zero-order valence-corrected chi connectivity index (χ0v) is 12.5. The highest BCUT2D eigenvalue weighted by Gasteiger charge is 2.50. The van der Waals surface area contributed by atoms with Crippen LogP contribution in [0.15, 0.2) is 22.4 Å². The Kier molecular flexibility index (Phi) is 3.56. The molecule has 2 unspecified atom stereocenters. The van der Waals surface area contributed by atoms with Gasteiger partial charge >= 0.3 is 12.4 Å². The van der Waals surface area contributed by atoms with Crippen LogP contribution in [-0.4, -0.2) is 22.2 Å². The van der Waals surface area contributed by atoms with Crippen molar-refractivity contribution in [1.29, 1.82) is 5.26 Å². The summed E-state index contributed by atoms with van der Waals surface area (Å²) in [6.45, 7) is 1.36. The van der Waals surface area contributed by atoms with Crippen LogP contribution in [-0.2, 0) is 11.7 Å². The fraction of sp³-hybridized carbons (Fsp3) is 0.429. The van der Waals surface area contributed by atoms with E-state index in [0.717, 1.165) is 6.07 Å². The number of rotatable bonds is 1. The van der Waals surface area contributed by atoms with Crippen molar-refractivity contribution in [3.63, 3.8) is 0 Å². The minimum atomic E-state index is -4.75. The molecule has 2 heterocycles. The van der Waals surface area contributed by atoms with Crippen molar-refractivity contribution in [1.82, 2.24) is 9.97 Å². The van der Waals surface area contributed by atoms with Crippen LogP contribution < -0.4 is 0 Å². The number of nitriles is 1. The summed E-state index contributed by atoms with van der Waals surface area (Å²) in [5.41, 5.74) is -3.22. The maximum atomic E-state index is 13.0. The van der Waals surface area contributed by atoms with Gasteiger partial charge in [-0.2, -0.15) is 41.8 Å². The van der Waals surface area contributed by atoms with E-state index in [9.17, 15) is 26.3 Å². The lowest BCUT2D eigenvalue weighted by Gasteiger charge is -2.18. The fourth-order valence-corrected chi connectivity index (χ4v) is 2.62. The zero-order valence-electron chi connectivity index (χ0n) is 12.5. The van der Waals surface area contributed by atoms with Crippen molar-refractivity contribution in [3.05, 3.63) is 29.1 Å². The zero-order chi connectivity index (χ0) is 18.6. The second-order valence-electron chi connectivity index (χ2n) is 5.86. The van der Waals surface area contributed by atoms with Gasteiger partial charge in [0.25, 0.3) is 0 Å². The maximum Gasteiger partial charge on any atom is 0.417 e. The SMILES string of the molecule is CC1(c2nc3cc(C#N)c(C(F)(F)F)cc3[nH]2)CC(C(F)(F)F)N=N1. The van der Waals surface area contributed by atoms with Gasteiger partial charge in [-0.15, -0.1) is 0 Å². The topological polar surface area (TPSA) is 77.2 Å². The normalized spacial score (nSPS) is 24.0. The molecule has 3 rings (SSSR count). The maximum absolute atomic E-state index is 13.0. The molecule has 132 valence electrons. The molecule has 0 fully saturated rings. The van der Waals surface area contributed by atoms with Crippen LogP contribution in [0.3, 0.4) is 0 Å². The van der Waals surface area contributed by atoms with Gasteiger partial charge in [0.1, 0.15) is 11.4 Å². The number of hydrogen-bond acceptors (Lipinski definition) is 4. The number of imidazole rings is 1. The average molecular weight is 361 g/mol. The summed E-state index contributed by atoms with van der Waals surface area (Å²) in [6.07, 6.45) is -9.82. The quantitative estimate of drug-likeness (QED) is 0.762. The van der Waals surface area contributed by atoms with Gasteiger partial charge < -0.3 is 4.98 Å². The van der Waals surface area contributed by atoms with Gasteiger partial charge in [0.15, 0.2) is 6.04 Å². The van der Waals surface area contributed by atoms with E-state index in [4.69, 9.17) is 5.26 Å². The summed E-state index contributed by atoms with van der Waals surface area (Å²) in [5.74, 6) is -0.0405. The molecule has 0 bridgehead atoms. The summed E-state index contributed by atoms with van der Waals surface area (Å²) in [7, 11) is 0. The van der Waals surface area contributed by atoms with Crippen LogP contribution in [0.1, 0.15) is 30.3 Å². The minimum absolute atomic E-state index is 0.0337. The number of azo groups is 1. The van der Waals surface area contributed by atoms with Crippen LogP contribution in [0.2, 0.25) is 0 Å². The number of alkyl halides is 6. The molecule has 0 radical (unpaired) electrons. The lowest BCUT2D eigenvalue weighted by molar-refractivity contribution is -0.147. The molecule has 2 aromatic rings. The first-order valence-electron chi connectivity index (χ1n) is 6.94. The summed E-state index contributed by atoms with van der Waals surface area (Å²) in [5, 5.41) is 15.7. The highest BCUT2D eigenvalue weighted by atomic mass is 19.4. The van der Waals surface area contributed by atoms with Crippen LogP contribution in [0.4, 0.5) is 26.3 Å². The van der Waals surface area contributed by atoms with Gasteiger partial charge in [0.05, 0.1) is 28.2 Å². The number of H-pyrrole nitrogens is 1. The van der Waals surface area contributed by atoms with Gasteiger partial charge in [-0.25, -0.2) is 4.98 Å². The molecule has 0 aliphatic carbocycles. The Bertz CT molecular complexity index is 903. The number of aromatic amines is 1. The summed E-state index contributed by atoms with van der Waals surface area (Å²) in [4.78, 5) is 6.59. The Labute approximate surface area is 136 Å². The van der Waals surface area contributed by atoms with Crippen molar-refractivity contribution in [2.45, 2.75) is 37.3 Å². The molecular weight excluding hydrogens is 352 g/mol. The molecule has 25 heavy (non-hydrogen) atoms. The van der Waals surface area contributed by atoms with Crippen molar-refractivity contribution in [2.24, 2.45) is 10.2 Å². The molecule has 0 spiro atoms. The van der Waals surface area contributed by atoms with Crippen molar-refractivity contribution in [3.8, 4) is 6.07 Å². The Morgan fingerprint density at radius 3 is 2.44 bits per heavy atom. The fourth-order valence-electron chi connectivity index (χ4n) is 2.62. The Balaban J connectivity index is 2.06. The van der Waals surface area contributed by atoms with E-state index in [0.29, 0.717) is 6.07 Å². The smallest absolute Gasteiger partial charge is 0.340 e. The number of nitrogens with zero attached hydrogens (tertiary/aromatic N) is 4. The van der Waals surface area contributed by atoms with E-state index in [-0.39, 0.29) is 16.9 Å².